The van der Waals surface area contributed by atoms with Crippen LogP contribution in [0.15, 0.2) is 16.8 Å². The zero-order chi connectivity index (χ0) is 14.6. The number of carbonyl (C=O) groups excluding carboxylic acids is 1. The lowest BCUT2D eigenvalue weighted by Crippen LogP contribution is -2.38. The van der Waals surface area contributed by atoms with Gasteiger partial charge in [0.05, 0.1) is 0 Å². The molecule has 5 heteroatoms. The molecule has 0 aromatic carbocycles. The average molecular weight is 296 g/mol. The molecular formula is C15H24N2O2S. The number of carbonyl (C=O) groups is 1. The third-order valence-corrected chi connectivity index (χ3v) is 4.00. The number of ether oxygens (including phenoxy) is 1. The minimum Gasteiger partial charge on any atom is -0.444 e. The summed E-state index contributed by atoms with van der Waals surface area (Å²) in [5.74, 6) is 0. The van der Waals surface area contributed by atoms with E-state index in [1.165, 1.54) is 5.56 Å². The SMILES string of the molecule is CC(C)(C)OC(=O)N1CCC(NCCc2ccsc2)C1. The fraction of sp³-hybridized carbons (Fsp3) is 0.667. The minimum absolute atomic E-state index is 0.195. The molecule has 0 spiro atoms. The van der Waals surface area contributed by atoms with E-state index in [0.29, 0.717) is 6.04 Å². The van der Waals surface area contributed by atoms with E-state index in [2.05, 4.69) is 22.1 Å². The number of nitrogens with one attached hydrogen (secondary N) is 1. The van der Waals surface area contributed by atoms with Crippen LogP contribution >= 0.6 is 11.3 Å². The van der Waals surface area contributed by atoms with Gasteiger partial charge in [-0.2, -0.15) is 11.3 Å². The van der Waals surface area contributed by atoms with E-state index in [1.54, 1.807) is 16.2 Å². The monoisotopic (exact) mass is 296 g/mol. The van der Waals surface area contributed by atoms with Gasteiger partial charge in [0.1, 0.15) is 5.60 Å². The van der Waals surface area contributed by atoms with Crippen molar-refractivity contribution in [3.8, 4) is 0 Å². The first-order chi connectivity index (χ1) is 9.44. The predicted octanol–water partition coefficient (Wildman–Crippen LogP) is 2.89. The second-order valence-corrected chi connectivity index (χ2v) is 7.03. The molecule has 1 amide bonds. The van der Waals surface area contributed by atoms with Crippen molar-refractivity contribution in [3.63, 3.8) is 0 Å². The van der Waals surface area contributed by atoms with Gasteiger partial charge in [-0.3, -0.25) is 0 Å². The van der Waals surface area contributed by atoms with Crippen LogP contribution in [0.5, 0.6) is 0 Å². The molecule has 1 aliphatic heterocycles. The van der Waals surface area contributed by atoms with Crippen LogP contribution in [0.3, 0.4) is 0 Å². The highest BCUT2D eigenvalue weighted by molar-refractivity contribution is 7.07. The average Bonchev–Trinajstić information content (AvgIpc) is 2.97. The van der Waals surface area contributed by atoms with Crippen molar-refractivity contribution in [2.75, 3.05) is 19.6 Å². The Morgan fingerprint density at radius 2 is 2.35 bits per heavy atom. The molecule has 20 heavy (non-hydrogen) atoms. The second-order valence-electron chi connectivity index (χ2n) is 6.25. The summed E-state index contributed by atoms with van der Waals surface area (Å²) in [6.45, 7) is 8.19. The largest absolute Gasteiger partial charge is 0.444 e. The maximum Gasteiger partial charge on any atom is 0.410 e. The zero-order valence-corrected chi connectivity index (χ0v) is 13.3. The first kappa shape index (κ1) is 15.3. The van der Waals surface area contributed by atoms with Gasteiger partial charge in [0.15, 0.2) is 0 Å². The highest BCUT2D eigenvalue weighted by Gasteiger charge is 2.29. The van der Waals surface area contributed by atoms with Crippen molar-refractivity contribution < 1.29 is 9.53 Å². The van der Waals surface area contributed by atoms with E-state index in [1.807, 2.05) is 20.8 Å². The molecule has 0 saturated carbocycles. The van der Waals surface area contributed by atoms with E-state index in [-0.39, 0.29) is 6.09 Å². The lowest BCUT2D eigenvalue weighted by atomic mass is 10.2. The van der Waals surface area contributed by atoms with Crippen molar-refractivity contribution in [1.82, 2.24) is 10.2 Å². The number of amides is 1. The normalized spacial score (nSPS) is 19.4. The zero-order valence-electron chi connectivity index (χ0n) is 12.5. The molecule has 0 bridgehead atoms. The van der Waals surface area contributed by atoms with Crippen LogP contribution in [0.4, 0.5) is 4.79 Å². The molecule has 2 heterocycles. The maximum absolute atomic E-state index is 11.9. The molecule has 1 N–H and O–H groups in total. The molecule has 1 aliphatic rings. The Kier molecular flexibility index (Phi) is 5.05. The summed E-state index contributed by atoms with van der Waals surface area (Å²) in [7, 11) is 0. The summed E-state index contributed by atoms with van der Waals surface area (Å²) in [6.07, 6.45) is 1.86. The van der Waals surface area contributed by atoms with E-state index in [9.17, 15) is 4.79 Å². The molecule has 1 unspecified atom stereocenters. The number of thiophene rings is 1. The van der Waals surface area contributed by atoms with Gasteiger partial charge in [0.25, 0.3) is 0 Å². The van der Waals surface area contributed by atoms with Gasteiger partial charge < -0.3 is 15.0 Å². The molecule has 112 valence electrons. The highest BCUT2D eigenvalue weighted by Crippen LogP contribution is 2.15. The van der Waals surface area contributed by atoms with E-state index in [0.717, 1.165) is 32.5 Å². The van der Waals surface area contributed by atoms with Gasteiger partial charge in [-0.05, 0) is 62.5 Å². The van der Waals surface area contributed by atoms with E-state index in [4.69, 9.17) is 4.74 Å². The second kappa shape index (κ2) is 6.59. The molecule has 1 saturated heterocycles. The fourth-order valence-corrected chi connectivity index (χ4v) is 2.98. The Bertz CT molecular complexity index is 426. The van der Waals surface area contributed by atoms with Gasteiger partial charge in [0.2, 0.25) is 0 Å². The summed E-state index contributed by atoms with van der Waals surface area (Å²) in [5, 5.41) is 7.81. The van der Waals surface area contributed by atoms with Crippen LogP contribution in [0.1, 0.15) is 32.8 Å². The van der Waals surface area contributed by atoms with Gasteiger partial charge in [0, 0.05) is 19.1 Å². The molecule has 0 aliphatic carbocycles. The number of hydrogen-bond acceptors (Lipinski definition) is 4. The van der Waals surface area contributed by atoms with Gasteiger partial charge in [-0.1, -0.05) is 0 Å². The summed E-state index contributed by atoms with van der Waals surface area (Å²) in [5.41, 5.74) is 0.964. The lowest BCUT2D eigenvalue weighted by Gasteiger charge is -2.24. The molecule has 1 aromatic heterocycles. The number of nitrogens with zero attached hydrogens (tertiary/aromatic N) is 1. The maximum atomic E-state index is 11.9. The molecule has 1 fully saturated rings. The summed E-state index contributed by atoms with van der Waals surface area (Å²) >= 11 is 1.73. The fourth-order valence-electron chi connectivity index (χ4n) is 2.27. The Morgan fingerprint density at radius 3 is 3.00 bits per heavy atom. The molecule has 0 radical (unpaired) electrons. The first-order valence-corrected chi connectivity index (χ1v) is 8.11. The van der Waals surface area contributed by atoms with E-state index < -0.39 is 5.60 Å². The lowest BCUT2D eigenvalue weighted by molar-refractivity contribution is 0.0291. The number of hydrogen-bond donors (Lipinski definition) is 1. The number of rotatable bonds is 4. The van der Waals surface area contributed by atoms with Crippen LogP contribution in [0, 0.1) is 0 Å². The molecule has 2 rings (SSSR count). The quantitative estimate of drug-likeness (QED) is 0.929. The Morgan fingerprint density at radius 1 is 1.55 bits per heavy atom. The number of likely N-dealkylation sites (tertiary alicyclic amines) is 1. The Balaban J connectivity index is 1.68. The summed E-state index contributed by atoms with van der Waals surface area (Å²) in [4.78, 5) is 13.7. The first-order valence-electron chi connectivity index (χ1n) is 7.16. The van der Waals surface area contributed by atoms with Crippen LogP contribution in [-0.4, -0.2) is 42.3 Å². The van der Waals surface area contributed by atoms with Crippen molar-refractivity contribution in [3.05, 3.63) is 22.4 Å². The van der Waals surface area contributed by atoms with Gasteiger partial charge >= 0.3 is 6.09 Å². The smallest absolute Gasteiger partial charge is 0.410 e. The van der Waals surface area contributed by atoms with Gasteiger partial charge in [-0.25, -0.2) is 4.79 Å². The van der Waals surface area contributed by atoms with Crippen molar-refractivity contribution in [2.24, 2.45) is 0 Å². The topological polar surface area (TPSA) is 41.6 Å². The third-order valence-electron chi connectivity index (χ3n) is 3.27. The Labute approximate surface area is 125 Å². The van der Waals surface area contributed by atoms with Crippen molar-refractivity contribution in [1.29, 1.82) is 0 Å². The standard InChI is InChI=1S/C15H24N2O2S/c1-15(2,3)19-14(18)17-8-5-13(10-17)16-7-4-12-6-9-20-11-12/h6,9,11,13,16H,4-5,7-8,10H2,1-3H3. The van der Waals surface area contributed by atoms with Crippen LogP contribution in [-0.2, 0) is 11.2 Å². The Hall–Kier alpha value is -1.07. The third kappa shape index (κ3) is 4.80. The van der Waals surface area contributed by atoms with Crippen LogP contribution in [0.25, 0.3) is 0 Å². The van der Waals surface area contributed by atoms with Crippen molar-refractivity contribution >= 4 is 17.4 Å². The van der Waals surface area contributed by atoms with E-state index >= 15 is 0 Å². The van der Waals surface area contributed by atoms with Crippen molar-refractivity contribution in [2.45, 2.75) is 45.3 Å². The molecule has 1 atom stereocenters. The summed E-state index contributed by atoms with van der Waals surface area (Å²) in [6, 6.07) is 2.55. The van der Waals surface area contributed by atoms with Crippen LogP contribution < -0.4 is 5.32 Å². The molecule has 1 aromatic rings. The highest BCUT2D eigenvalue weighted by atomic mass is 32.1. The summed E-state index contributed by atoms with van der Waals surface area (Å²) < 4.78 is 5.39. The molecular weight excluding hydrogens is 272 g/mol. The minimum atomic E-state index is -0.415. The van der Waals surface area contributed by atoms with Crippen LogP contribution in [0.2, 0.25) is 0 Å². The van der Waals surface area contributed by atoms with Gasteiger partial charge in [-0.15, -0.1) is 0 Å². The predicted molar refractivity (Wildman–Crippen MR) is 82.2 cm³/mol. The molecule has 4 nitrogen and oxygen atoms in total.